The molecular formula is C13H21NO3. The predicted octanol–water partition coefficient (Wildman–Crippen LogP) is 1.18. The SMILES string of the molecule is CC(C)C(CCO)N1C(=O)C2CCCC2C1=O. The number of hydrogen-bond acceptors (Lipinski definition) is 3. The number of likely N-dealkylation sites (tertiary alicyclic amines) is 1. The Bertz CT molecular complexity index is 305. The van der Waals surface area contributed by atoms with Crippen molar-refractivity contribution >= 4 is 11.8 Å². The van der Waals surface area contributed by atoms with Gasteiger partial charge in [0.25, 0.3) is 0 Å². The molecule has 1 saturated carbocycles. The number of imide groups is 1. The van der Waals surface area contributed by atoms with Crippen LogP contribution in [0.25, 0.3) is 0 Å². The number of aliphatic hydroxyl groups excluding tert-OH is 1. The van der Waals surface area contributed by atoms with Crippen LogP contribution in [0.2, 0.25) is 0 Å². The van der Waals surface area contributed by atoms with E-state index in [2.05, 4.69) is 0 Å². The van der Waals surface area contributed by atoms with Gasteiger partial charge in [-0.15, -0.1) is 0 Å². The van der Waals surface area contributed by atoms with Gasteiger partial charge in [-0.2, -0.15) is 0 Å². The van der Waals surface area contributed by atoms with E-state index in [9.17, 15) is 9.59 Å². The Hall–Kier alpha value is -0.900. The van der Waals surface area contributed by atoms with Crippen LogP contribution < -0.4 is 0 Å². The largest absolute Gasteiger partial charge is 0.396 e. The summed E-state index contributed by atoms with van der Waals surface area (Å²) in [6, 6.07) is -0.134. The van der Waals surface area contributed by atoms with E-state index in [0.717, 1.165) is 19.3 Å². The molecule has 2 amide bonds. The van der Waals surface area contributed by atoms with Gasteiger partial charge in [0, 0.05) is 12.6 Å². The van der Waals surface area contributed by atoms with Crippen LogP contribution in [0.1, 0.15) is 39.5 Å². The Morgan fingerprint density at radius 1 is 1.24 bits per heavy atom. The lowest BCUT2D eigenvalue weighted by Gasteiger charge is -2.29. The molecule has 0 aromatic carbocycles. The Labute approximate surface area is 102 Å². The molecule has 4 heteroatoms. The van der Waals surface area contributed by atoms with E-state index in [1.165, 1.54) is 4.90 Å². The number of carbonyl (C=O) groups is 2. The molecule has 1 aliphatic heterocycles. The summed E-state index contributed by atoms with van der Waals surface area (Å²) in [5.74, 6) is 0.0769. The first kappa shape index (κ1) is 12.6. The number of nitrogens with zero attached hydrogens (tertiary/aromatic N) is 1. The van der Waals surface area contributed by atoms with Crippen molar-refractivity contribution in [3.63, 3.8) is 0 Å². The smallest absolute Gasteiger partial charge is 0.233 e. The highest BCUT2D eigenvalue weighted by molar-refractivity contribution is 6.05. The minimum Gasteiger partial charge on any atom is -0.396 e. The minimum atomic E-state index is -0.134. The van der Waals surface area contributed by atoms with E-state index in [4.69, 9.17) is 5.11 Å². The highest BCUT2D eigenvalue weighted by atomic mass is 16.3. The minimum absolute atomic E-state index is 0.00431. The second-order valence-corrected chi connectivity index (χ2v) is 5.51. The van der Waals surface area contributed by atoms with Crippen molar-refractivity contribution in [1.29, 1.82) is 0 Å². The quantitative estimate of drug-likeness (QED) is 0.749. The summed E-state index contributed by atoms with van der Waals surface area (Å²) in [5, 5.41) is 9.07. The monoisotopic (exact) mass is 239 g/mol. The van der Waals surface area contributed by atoms with Gasteiger partial charge in [-0.1, -0.05) is 20.3 Å². The molecule has 1 saturated heterocycles. The van der Waals surface area contributed by atoms with Crippen LogP contribution in [0.4, 0.5) is 0 Å². The average Bonchev–Trinajstić information content (AvgIpc) is 2.82. The molecule has 0 bridgehead atoms. The molecule has 3 unspecified atom stereocenters. The van der Waals surface area contributed by atoms with E-state index in [0.29, 0.717) is 6.42 Å². The maximum absolute atomic E-state index is 12.2. The van der Waals surface area contributed by atoms with Crippen molar-refractivity contribution in [1.82, 2.24) is 4.90 Å². The molecule has 1 heterocycles. The maximum Gasteiger partial charge on any atom is 0.233 e. The van der Waals surface area contributed by atoms with Crippen molar-refractivity contribution in [2.24, 2.45) is 17.8 Å². The Balaban J connectivity index is 2.20. The summed E-state index contributed by atoms with van der Waals surface area (Å²) in [5.41, 5.74) is 0. The fourth-order valence-electron chi connectivity index (χ4n) is 3.24. The molecule has 1 N–H and O–H groups in total. The second kappa shape index (κ2) is 4.77. The van der Waals surface area contributed by atoms with E-state index in [1.54, 1.807) is 0 Å². The lowest BCUT2D eigenvalue weighted by Crippen LogP contribution is -2.44. The third-order valence-electron chi connectivity index (χ3n) is 4.15. The third kappa shape index (κ3) is 1.99. The van der Waals surface area contributed by atoms with Gasteiger partial charge < -0.3 is 5.11 Å². The van der Waals surface area contributed by atoms with Crippen molar-refractivity contribution in [3.05, 3.63) is 0 Å². The average molecular weight is 239 g/mol. The zero-order chi connectivity index (χ0) is 12.6. The zero-order valence-corrected chi connectivity index (χ0v) is 10.6. The molecule has 1 aliphatic carbocycles. The normalized spacial score (nSPS) is 30.2. The van der Waals surface area contributed by atoms with Crippen LogP contribution in [0.15, 0.2) is 0 Å². The Kier molecular flexibility index (Phi) is 3.52. The molecule has 96 valence electrons. The summed E-state index contributed by atoms with van der Waals surface area (Å²) in [4.78, 5) is 25.9. The standard InChI is InChI=1S/C13H21NO3/c1-8(2)11(6-7-15)14-12(16)9-4-3-5-10(9)13(14)17/h8-11,15H,3-7H2,1-2H3. The number of rotatable bonds is 4. The number of fused-ring (bicyclic) bond motifs is 1. The fourth-order valence-corrected chi connectivity index (χ4v) is 3.24. The van der Waals surface area contributed by atoms with Crippen LogP contribution in [0, 0.1) is 17.8 Å². The molecule has 2 aliphatic rings. The van der Waals surface area contributed by atoms with E-state index in [1.807, 2.05) is 13.8 Å². The zero-order valence-electron chi connectivity index (χ0n) is 10.6. The lowest BCUT2D eigenvalue weighted by molar-refractivity contribution is -0.144. The van der Waals surface area contributed by atoms with Gasteiger partial charge in [-0.05, 0) is 25.2 Å². The highest BCUT2D eigenvalue weighted by Gasteiger charge is 2.51. The van der Waals surface area contributed by atoms with Gasteiger partial charge in [-0.3, -0.25) is 14.5 Å². The molecule has 4 nitrogen and oxygen atoms in total. The maximum atomic E-state index is 12.2. The second-order valence-electron chi connectivity index (χ2n) is 5.51. The number of hydrogen-bond donors (Lipinski definition) is 1. The van der Waals surface area contributed by atoms with E-state index in [-0.39, 0.29) is 42.2 Å². The van der Waals surface area contributed by atoms with Crippen LogP contribution in [-0.4, -0.2) is 34.5 Å². The molecule has 0 aromatic heterocycles. The van der Waals surface area contributed by atoms with E-state index < -0.39 is 0 Å². The molecule has 0 spiro atoms. The van der Waals surface area contributed by atoms with Gasteiger partial charge in [0.15, 0.2) is 0 Å². The Morgan fingerprint density at radius 2 is 1.76 bits per heavy atom. The molecule has 0 radical (unpaired) electrons. The molecule has 0 aromatic rings. The van der Waals surface area contributed by atoms with Crippen molar-refractivity contribution < 1.29 is 14.7 Å². The van der Waals surface area contributed by atoms with Gasteiger partial charge in [0.2, 0.25) is 11.8 Å². The lowest BCUT2D eigenvalue weighted by atomic mass is 9.99. The Morgan fingerprint density at radius 3 is 2.18 bits per heavy atom. The van der Waals surface area contributed by atoms with Gasteiger partial charge in [-0.25, -0.2) is 0 Å². The first-order valence-electron chi connectivity index (χ1n) is 6.55. The summed E-state index contributed by atoms with van der Waals surface area (Å²) >= 11 is 0. The molecule has 2 fully saturated rings. The highest BCUT2D eigenvalue weighted by Crippen LogP contribution is 2.41. The van der Waals surface area contributed by atoms with Crippen LogP contribution >= 0.6 is 0 Å². The van der Waals surface area contributed by atoms with Gasteiger partial charge in [0.05, 0.1) is 11.8 Å². The van der Waals surface area contributed by atoms with E-state index >= 15 is 0 Å². The third-order valence-corrected chi connectivity index (χ3v) is 4.15. The summed E-state index contributed by atoms with van der Waals surface area (Å²) < 4.78 is 0. The van der Waals surface area contributed by atoms with Crippen molar-refractivity contribution in [3.8, 4) is 0 Å². The van der Waals surface area contributed by atoms with Crippen LogP contribution in [-0.2, 0) is 9.59 Å². The number of aliphatic hydroxyl groups is 1. The van der Waals surface area contributed by atoms with Crippen LogP contribution in [0.5, 0.6) is 0 Å². The molecule has 17 heavy (non-hydrogen) atoms. The first-order valence-corrected chi connectivity index (χ1v) is 6.55. The van der Waals surface area contributed by atoms with Gasteiger partial charge in [0.1, 0.15) is 0 Å². The molecule has 2 rings (SSSR count). The predicted molar refractivity (Wildman–Crippen MR) is 63.0 cm³/mol. The number of carbonyl (C=O) groups excluding carboxylic acids is 2. The molecule has 3 atom stereocenters. The van der Waals surface area contributed by atoms with Crippen LogP contribution in [0.3, 0.4) is 0 Å². The van der Waals surface area contributed by atoms with Gasteiger partial charge >= 0.3 is 0 Å². The summed E-state index contributed by atoms with van der Waals surface area (Å²) in [7, 11) is 0. The van der Waals surface area contributed by atoms with Crippen molar-refractivity contribution in [2.45, 2.75) is 45.6 Å². The van der Waals surface area contributed by atoms with Crippen molar-refractivity contribution in [2.75, 3.05) is 6.61 Å². The fraction of sp³-hybridized carbons (Fsp3) is 0.846. The number of amides is 2. The summed E-state index contributed by atoms with van der Waals surface area (Å²) in [6.07, 6.45) is 3.20. The topological polar surface area (TPSA) is 57.6 Å². The first-order chi connectivity index (χ1) is 8.07. The summed E-state index contributed by atoms with van der Waals surface area (Å²) in [6.45, 7) is 4.01. The molecular weight excluding hydrogens is 218 g/mol.